The second kappa shape index (κ2) is 4.59. The van der Waals surface area contributed by atoms with Crippen molar-refractivity contribution in [3.8, 4) is 5.75 Å². The molecule has 0 saturated carbocycles. The molecule has 2 heterocycles. The molecule has 1 atom stereocenters. The van der Waals surface area contributed by atoms with Crippen LogP contribution in [0.5, 0.6) is 5.75 Å². The smallest absolute Gasteiger partial charge is 0.177 e. The Morgan fingerprint density at radius 2 is 2.28 bits per heavy atom. The number of H-pyrrole nitrogens is 1. The van der Waals surface area contributed by atoms with Gasteiger partial charge in [-0.3, -0.25) is 0 Å². The number of ether oxygens (including phenoxy) is 1. The van der Waals surface area contributed by atoms with Gasteiger partial charge in [-0.25, -0.2) is 0 Å². The average molecular weight is 261 g/mol. The maximum atomic E-state index is 5.78. The summed E-state index contributed by atoms with van der Waals surface area (Å²) in [6.07, 6.45) is 2.93. The predicted molar refractivity (Wildman–Crippen MR) is 72.2 cm³/mol. The van der Waals surface area contributed by atoms with Crippen molar-refractivity contribution in [3.05, 3.63) is 46.5 Å². The Labute approximate surface area is 110 Å². The fourth-order valence-electron chi connectivity index (χ4n) is 2.33. The number of aromatic amines is 1. The fraction of sp³-hybridized carbons (Fsp3) is 0.308. The van der Waals surface area contributed by atoms with Crippen molar-refractivity contribution in [2.75, 3.05) is 6.61 Å². The monoisotopic (exact) mass is 261 g/mol. The van der Waals surface area contributed by atoms with Crippen molar-refractivity contribution in [2.45, 2.75) is 19.0 Å². The number of aromatic nitrogens is 2. The van der Waals surface area contributed by atoms with Crippen LogP contribution in [0, 0.1) is 4.77 Å². The normalized spacial score (nSPS) is 18.2. The third-order valence-corrected chi connectivity index (χ3v) is 3.58. The zero-order valence-electron chi connectivity index (χ0n) is 9.93. The van der Waals surface area contributed by atoms with Gasteiger partial charge < -0.3 is 20.0 Å². The summed E-state index contributed by atoms with van der Waals surface area (Å²) >= 11 is 5.31. The van der Waals surface area contributed by atoms with Crippen molar-refractivity contribution >= 4 is 12.2 Å². The number of nitrogens with zero attached hydrogens (tertiary/aromatic N) is 1. The van der Waals surface area contributed by atoms with Crippen molar-refractivity contribution in [3.63, 3.8) is 0 Å². The lowest BCUT2D eigenvalue weighted by molar-refractivity contribution is 0.223. The van der Waals surface area contributed by atoms with E-state index in [0.717, 1.165) is 17.9 Å². The quantitative estimate of drug-likeness (QED) is 0.815. The number of hydrogen-bond acceptors (Lipinski definition) is 3. The van der Waals surface area contributed by atoms with Gasteiger partial charge >= 0.3 is 0 Å². The fourth-order valence-corrected chi connectivity index (χ4v) is 2.66. The summed E-state index contributed by atoms with van der Waals surface area (Å²) in [7, 11) is 0. The highest BCUT2D eigenvalue weighted by Gasteiger charge is 2.21. The molecule has 0 aliphatic carbocycles. The van der Waals surface area contributed by atoms with Gasteiger partial charge in [-0.1, -0.05) is 18.2 Å². The maximum absolute atomic E-state index is 5.78. The van der Waals surface area contributed by atoms with Crippen LogP contribution in [0.25, 0.3) is 0 Å². The standard InChI is InChI=1S/C13H15N3OS/c14-6-10-7-16(13(18)15-10)11-5-9-3-1-2-4-12(9)17-8-11/h1-4,7,11H,5-6,8,14H2,(H,15,18)/t11-/m1/s1. The molecule has 0 saturated heterocycles. The van der Waals surface area contributed by atoms with Gasteiger partial charge in [0.1, 0.15) is 12.4 Å². The molecule has 4 nitrogen and oxygen atoms in total. The van der Waals surface area contributed by atoms with Crippen LogP contribution in [0.15, 0.2) is 30.5 Å². The highest BCUT2D eigenvalue weighted by molar-refractivity contribution is 7.71. The molecule has 1 aromatic heterocycles. The van der Waals surface area contributed by atoms with Crippen molar-refractivity contribution in [2.24, 2.45) is 5.73 Å². The van der Waals surface area contributed by atoms with Crippen LogP contribution < -0.4 is 10.5 Å². The molecule has 3 rings (SSSR count). The molecule has 0 spiro atoms. The Morgan fingerprint density at radius 3 is 3.06 bits per heavy atom. The summed E-state index contributed by atoms with van der Waals surface area (Å²) in [6, 6.07) is 8.37. The Balaban J connectivity index is 1.91. The lowest BCUT2D eigenvalue weighted by Crippen LogP contribution is -2.24. The van der Waals surface area contributed by atoms with Crippen LogP contribution in [0.2, 0.25) is 0 Å². The minimum absolute atomic E-state index is 0.240. The number of nitrogens with one attached hydrogen (secondary N) is 1. The minimum Gasteiger partial charge on any atom is -0.491 e. The van der Waals surface area contributed by atoms with Crippen molar-refractivity contribution in [1.29, 1.82) is 0 Å². The van der Waals surface area contributed by atoms with Crippen LogP contribution in [0.4, 0.5) is 0 Å². The number of fused-ring (bicyclic) bond motifs is 1. The Kier molecular flexibility index (Phi) is 2.93. The number of rotatable bonds is 2. The zero-order chi connectivity index (χ0) is 12.5. The number of hydrogen-bond donors (Lipinski definition) is 2. The van der Waals surface area contributed by atoms with E-state index in [1.807, 2.05) is 29.0 Å². The van der Waals surface area contributed by atoms with E-state index in [-0.39, 0.29) is 6.04 Å². The lowest BCUT2D eigenvalue weighted by Gasteiger charge is -2.26. The van der Waals surface area contributed by atoms with Crippen LogP contribution in [-0.4, -0.2) is 16.2 Å². The lowest BCUT2D eigenvalue weighted by atomic mass is 10.0. The van der Waals surface area contributed by atoms with Crippen LogP contribution in [0.3, 0.4) is 0 Å². The van der Waals surface area contributed by atoms with Crippen LogP contribution >= 0.6 is 12.2 Å². The summed E-state index contributed by atoms with van der Waals surface area (Å²) in [5.74, 6) is 0.981. The van der Waals surface area contributed by atoms with Gasteiger partial charge in [0.25, 0.3) is 0 Å². The van der Waals surface area contributed by atoms with Gasteiger partial charge in [-0.15, -0.1) is 0 Å². The highest BCUT2D eigenvalue weighted by Crippen LogP contribution is 2.29. The van der Waals surface area contributed by atoms with E-state index >= 15 is 0 Å². The topological polar surface area (TPSA) is 56.0 Å². The van der Waals surface area contributed by atoms with E-state index in [1.54, 1.807) is 0 Å². The van der Waals surface area contributed by atoms with Gasteiger partial charge in [0.15, 0.2) is 4.77 Å². The molecule has 0 unspecified atom stereocenters. The highest BCUT2D eigenvalue weighted by atomic mass is 32.1. The van der Waals surface area contributed by atoms with Gasteiger partial charge in [0.2, 0.25) is 0 Å². The molecule has 2 aromatic rings. The SMILES string of the molecule is NCc1cn([C@H]2COc3ccccc3C2)c(=S)[nH]1. The van der Waals surface area contributed by atoms with E-state index in [0.29, 0.717) is 17.9 Å². The van der Waals surface area contributed by atoms with Crippen LogP contribution in [0.1, 0.15) is 17.3 Å². The van der Waals surface area contributed by atoms with Crippen molar-refractivity contribution < 1.29 is 4.74 Å². The first-order valence-electron chi connectivity index (χ1n) is 5.98. The first-order chi connectivity index (χ1) is 8.78. The molecule has 1 aliphatic heterocycles. The van der Waals surface area contributed by atoms with Gasteiger partial charge in [-0.2, -0.15) is 0 Å². The first-order valence-corrected chi connectivity index (χ1v) is 6.39. The molecular formula is C13H15N3OS. The second-order valence-corrected chi connectivity index (χ2v) is 4.86. The molecule has 0 fully saturated rings. The Hall–Kier alpha value is -1.59. The summed E-state index contributed by atoms with van der Waals surface area (Å²) in [4.78, 5) is 3.11. The van der Waals surface area contributed by atoms with E-state index in [9.17, 15) is 0 Å². The van der Waals surface area contributed by atoms with E-state index in [4.69, 9.17) is 22.7 Å². The Bertz CT molecular complexity index is 617. The Morgan fingerprint density at radius 1 is 1.44 bits per heavy atom. The first kappa shape index (κ1) is 11.5. The summed E-state index contributed by atoms with van der Waals surface area (Å²) in [5, 5.41) is 0. The molecule has 5 heteroatoms. The molecular weight excluding hydrogens is 246 g/mol. The zero-order valence-corrected chi connectivity index (χ0v) is 10.7. The summed E-state index contributed by atoms with van der Waals surface area (Å²) in [6.45, 7) is 1.12. The summed E-state index contributed by atoms with van der Waals surface area (Å²) < 4.78 is 8.54. The summed E-state index contributed by atoms with van der Waals surface area (Å²) in [5.41, 5.74) is 7.80. The number of nitrogens with two attached hydrogens (primary N) is 1. The third kappa shape index (κ3) is 1.95. The molecule has 1 aromatic carbocycles. The van der Waals surface area contributed by atoms with Crippen molar-refractivity contribution in [1.82, 2.24) is 9.55 Å². The molecule has 3 N–H and O–H groups in total. The molecule has 18 heavy (non-hydrogen) atoms. The molecule has 0 bridgehead atoms. The van der Waals surface area contributed by atoms with Gasteiger partial charge in [-0.05, 0) is 23.8 Å². The van der Waals surface area contributed by atoms with Crippen LogP contribution in [-0.2, 0) is 13.0 Å². The van der Waals surface area contributed by atoms with E-state index in [2.05, 4.69) is 11.1 Å². The second-order valence-electron chi connectivity index (χ2n) is 4.47. The molecule has 0 radical (unpaired) electrons. The average Bonchev–Trinajstić information content (AvgIpc) is 2.79. The van der Waals surface area contributed by atoms with Gasteiger partial charge in [0, 0.05) is 24.9 Å². The van der Waals surface area contributed by atoms with E-state index in [1.165, 1.54) is 5.56 Å². The minimum atomic E-state index is 0.240. The largest absolute Gasteiger partial charge is 0.491 e. The van der Waals surface area contributed by atoms with E-state index < -0.39 is 0 Å². The molecule has 94 valence electrons. The number of para-hydroxylation sites is 1. The third-order valence-electron chi connectivity index (χ3n) is 3.27. The number of imidazole rings is 1. The predicted octanol–water partition coefficient (Wildman–Crippen LogP) is 2.18. The van der Waals surface area contributed by atoms with Gasteiger partial charge in [0.05, 0.1) is 6.04 Å². The maximum Gasteiger partial charge on any atom is 0.177 e. The molecule has 0 amide bonds. The molecule has 1 aliphatic rings. The number of benzene rings is 1.